The second-order valence-corrected chi connectivity index (χ2v) is 6.73. The lowest BCUT2D eigenvalue weighted by Crippen LogP contribution is -2.30. The van der Waals surface area contributed by atoms with Gasteiger partial charge in [-0.05, 0) is 49.8 Å². The van der Waals surface area contributed by atoms with Gasteiger partial charge in [0.15, 0.2) is 5.75 Å². The van der Waals surface area contributed by atoms with Crippen LogP contribution in [-0.2, 0) is 0 Å². The number of hydrogen-bond donors (Lipinski definition) is 1. The summed E-state index contributed by atoms with van der Waals surface area (Å²) in [6.45, 7) is 2.25. The van der Waals surface area contributed by atoms with Crippen LogP contribution in [0.2, 0.25) is 0 Å². The number of halogens is 1. The molecule has 1 heterocycles. The highest BCUT2D eigenvalue weighted by molar-refractivity contribution is 9.10. The molecular weight excluding hydrogens is 328 g/mol. The third-order valence-corrected chi connectivity index (χ3v) is 4.93. The van der Waals surface area contributed by atoms with Crippen molar-refractivity contribution in [1.82, 2.24) is 4.98 Å². The molecule has 1 fully saturated rings. The number of hydrogen-bond acceptors (Lipinski definition) is 3. The number of benzene rings is 1. The van der Waals surface area contributed by atoms with Gasteiger partial charge in [0.2, 0.25) is 0 Å². The lowest BCUT2D eigenvalue weighted by molar-refractivity contribution is 0.0925. The molecule has 2 N–H and O–H groups in total. The van der Waals surface area contributed by atoms with Crippen molar-refractivity contribution in [3.63, 3.8) is 0 Å². The van der Waals surface area contributed by atoms with Crippen LogP contribution < -0.4 is 10.5 Å². The Hall–Kier alpha value is -1.29. The summed E-state index contributed by atoms with van der Waals surface area (Å²) in [6, 6.07) is 6.02. The summed E-state index contributed by atoms with van der Waals surface area (Å²) >= 11 is 3.52. The molecule has 4 heteroatoms. The average molecular weight is 349 g/mol. The van der Waals surface area contributed by atoms with Gasteiger partial charge in [0.05, 0.1) is 17.4 Å². The topological polar surface area (TPSA) is 48.1 Å². The average Bonchev–Trinajstić information content (AvgIpc) is 2.50. The van der Waals surface area contributed by atoms with E-state index in [2.05, 4.69) is 27.8 Å². The highest BCUT2D eigenvalue weighted by atomic mass is 79.9. The first kappa shape index (κ1) is 14.6. The zero-order valence-electron chi connectivity index (χ0n) is 12.3. The molecule has 0 bridgehead atoms. The van der Waals surface area contributed by atoms with Crippen LogP contribution in [0.25, 0.3) is 10.9 Å². The standard InChI is InChI=1S/C17H21BrN2O/c1-2-11-5-3-4-6-16(11)21-17-13-9-12(18)7-8-15(13)20-10-14(17)19/h7-11,16H,2-6,19H2,1H3. The fourth-order valence-electron chi connectivity index (χ4n) is 3.23. The highest BCUT2D eigenvalue weighted by Crippen LogP contribution is 2.37. The third kappa shape index (κ3) is 3.00. The first-order chi connectivity index (χ1) is 10.2. The van der Waals surface area contributed by atoms with Crippen LogP contribution in [0.4, 0.5) is 5.69 Å². The number of nitrogens with two attached hydrogens (primary N) is 1. The summed E-state index contributed by atoms with van der Waals surface area (Å²) in [5.41, 5.74) is 7.69. The molecule has 1 aliphatic rings. The second kappa shape index (κ2) is 6.22. The summed E-state index contributed by atoms with van der Waals surface area (Å²) in [6.07, 6.45) is 8.08. The van der Waals surface area contributed by atoms with Gasteiger partial charge >= 0.3 is 0 Å². The molecule has 0 spiro atoms. The van der Waals surface area contributed by atoms with Crippen molar-refractivity contribution in [3.05, 3.63) is 28.9 Å². The fourth-order valence-corrected chi connectivity index (χ4v) is 3.60. The van der Waals surface area contributed by atoms with E-state index in [-0.39, 0.29) is 6.10 Å². The molecule has 3 nitrogen and oxygen atoms in total. The van der Waals surface area contributed by atoms with Gasteiger partial charge in [0.1, 0.15) is 6.10 Å². The van der Waals surface area contributed by atoms with Crippen LogP contribution >= 0.6 is 15.9 Å². The fraction of sp³-hybridized carbons (Fsp3) is 0.471. The maximum absolute atomic E-state index is 6.37. The molecule has 3 rings (SSSR count). The van der Waals surface area contributed by atoms with Crippen LogP contribution in [0.3, 0.4) is 0 Å². The third-order valence-electron chi connectivity index (χ3n) is 4.44. The number of ether oxygens (including phenoxy) is 1. The molecule has 112 valence electrons. The van der Waals surface area contributed by atoms with Gasteiger partial charge in [-0.1, -0.05) is 29.3 Å². The molecule has 1 saturated carbocycles. The van der Waals surface area contributed by atoms with Crippen molar-refractivity contribution < 1.29 is 4.74 Å². The number of nitrogen functional groups attached to an aromatic ring is 1. The van der Waals surface area contributed by atoms with E-state index in [4.69, 9.17) is 10.5 Å². The molecule has 2 aromatic rings. The van der Waals surface area contributed by atoms with E-state index in [0.717, 1.165) is 34.0 Å². The molecular formula is C17H21BrN2O. The molecule has 1 aromatic heterocycles. The van der Waals surface area contributed by atoms with Gasteiger partial charge in [0, 0.05) is 9.86 Å². The quantitative estimate of drug-likeness (QED) is 0.855. The van der Waals surface area contributed by atoms with Crippen LogP contribution in [0, 0.1) is 5.92 Å². The SMILES string of the molecule is CCC1CCCCC1Oc1c(N)cnc2ccc(Br)cc12. The number of nitrogens with zero attached hydrogens (tertiary/aromatic N) is 1. The zero-order chi connectivity index (χ0) is 14.8. The summed E-state index contributed by atoms with van der Waals surface area (Å²) < 4.78 is 7.39. The maximum Gasteiger partial charge on any atom is 0.153 e. The largest absolute Gasteiger partial charge is 0.487 e. The number of rotatable bonds is 3. The normalized spacial score (nSPS) is 22.4. The van der Waals surface area contributed by atoms with Gasteiger partial charge < -0.3 is 10.5 Å². The summed E-state index contributed by atoms with van der Waals surface area (Å²) in [7, 11) is 0. The molecule has 0 amide bonds. The summed E-state index contributed by atoms with van der Waals surface area (Å²) in [5, 5.41) is 0.991. The zero-order valence-corrected chi connectivity index (χ0v) is 13.9. The van der Waals surface area contributed by atoms with Crippen LogP contribution in [-0.4, -0.2) is 11.1 Å². The van der Waals surface area contributed by atoms with E-state index in [0.29, 0.717) is 11.6 Å². The molecule has 2 atom stereocenters. The van der Waals surface area contributed by atoms with E-state index in [9.17, 15) is 0 Å². The summed E-state index contributed by atoms with van der Waals surface area (Å²) in [4.78, 5) is 4.39. The lowest BCUT2D eigenvalue weighted by atomic mass is 9.84. The first-order valence-corrected chi connectivity index (χ1v) is 8.48. The van der Waals surface area contributed by atoms with Crippen molar-refractivity contribution in [2.75, 3.05) is 5.73 Å². The van der Waals surface area contributed by atoms with Gasteiger partial charge in [0.25, 0.3) is 0 Å². The Bertz CT molecular complexity index is 639. The monoisotopic (exact) mass is 348 g/mol. The van der Waals surface area contributed by atoms with E-state index < -0.39 is 0 Å². The number of aromatic nitrogens is 1. The number of fused-ring (bicyclic) bond motifs is 1. The minimum absolute atomic E-state index is 0.274. The molecule has 1 aliphatic carbocycles. The van der Waals surface area contributed by atoms with E-state index >= 15 is 0 Å². The Kier molecular flexibility index (Phi) is 4.34. The van der Waals surface area contributed by atoms with Crippen LogP contribution in [0.5, 0.6) is 5.75 Å². The van der Waals surface area contributed by atoms with Crippen molar-refractivity contribution >= 4 is 32.5 Å². The second-order valence-electron chi connectivity index (χ2n) is 5.81. The van der Waals surface area contributed by atoms with Gasteiger partial charge in [-0.2, -0.15) is 0 Å². The highest BCUT2D eigenvalue weighted by Gasteiger charge is 2.26. The Labute approximate surface area is 134 Å². The minimum Gasteiger partial charge on any atom is -0.487 e. The number of anilines is 1. The molecule has 2 unspecified atom stereocenters. The molecule has 0 saturated heterocycles. The van der Waals surface area contributed by atoms with Crippen LogP contribution in [0.1, 0.15) is 39.0 Å². The Morgan fingerprint density at radius 2 is 2.14 bits per heavy atom. The summed E-state index contributed by atoms with van der Waals surface area (Å²) in [5.74, 6) is 1.43. The van der Waals surface area contributed by atoms with Gasteiger partial charge in [-0.15, -0.1) is 0 Å². The van der Waals surface area contributed by atoms with E-state index in [1.165, 1.54) is 19.3 Å². The predicted octanol–water partition coefficient (Wildman–Crippen LogP) is 4.93. The first-order valence-electron chi connectivity index (χ1n) is 7.69. The molecule has 21 heavy (non-hydrogen) atoms. The molecule has 0 aliphatic heterocycles. The van der Waals surface area contributed by atoms with E-state index in [1.54, 1.807) is 6.20 Å². The van der Waals surface area contributed by atoms with Crippen molar-refractivity contribution in [2.24, 2.45) is 5.92 Å². The van der Waals surface area contributed by atoms with Gasteiger partial charge in [-0.25, -0.2) is 0 Å². The van der Waals surface area contributed by atoms with Crippen molar-refractivity contribution in [1.29, 1.82) is 0 Å². The van der Waals surface area contributed by atoms with E-state index in [1.807, 2.05) is 18.2 Å². The Balaban J connectivity index is 1.99. The van der Waals surface area contributed by atoms with Crippen molar-refractivity contribution in [2.45, 2.75) is 45.1 Å². The predicted molar refractivity (Wildman–Crippen MR) is 90.5 cm³/mol. The Morgan fingerprint density at radius 1 is 1.33 bits per heavy atom. The lowest BCUT2D eigenvalue weighted by Gasteiger charge is -2.31. The van der Waals surface area contributed by atoms with Crippen LogP contribution in [0.15, 0.2) is 28.9 Å². The Morgan fingerprint density at radius 3 is 2.95 bits per heavy atom. The number of pyridine rings is 1. The molecule has 1 aromatic carbocycles. The van der Waals surface area contributed by atoms with Crippen molar-refractivity contribution in [3.8, 4) is 5.75 Å². The van der Waals surface area contributed by atoms with Gasteiger partial charge in [-0.3, -0.25) is 4.98 Å². The smallest absolute Gasteiger partial charge is 0.153 e. The minimum atomic E-state index is 0.274. The molecule has 0 radical (unpaired) electrons. The maximum atomic E-state index is 6.37.